The predicted octanol–water partition coefficient (Wildman–Crippen LogP) is 0.610. The average Bonchev–Trinajstić information content (AvgIpc) is 1.80. The molecule has 4 heteroatoms. The minimum absolute atomic E-state index is 0.239. The van der Waals surface area contributed by atoms with Gasteiger partial charge in [0, 0.05) is 12.3 Å². The third kappa shape index (κ3) is 1.23. The number of H-pyrrole nitrogens is 1. The van der Waals surface area contributed by atoms with Gasteiger partial charge in [0.25, 0.3) is 0 Å². The molecule has 0 spiro atoms. The molecule has 0 radical (unpaired) electrons. The fourth-order valence-corrected chi connectivity index (χ4v) is 0.579. The highest BCUT2D eigenvalue weighted by molar-refractivity contribution is 6.32. The zero-order chi connectivity index (χ0) is 6.85. The Morgan fingerprint density at radius 3 is 2.78 bits per heavy atom. The van der Waals surface area contributed by atoms with Crippen LogP contribution >= 0.6 is 11.6 Å². The predicted molar refractivity (Wildman–Crippen MR) is 36.5 cm³/mol. The number of nitrogen functional groups attached to an aromatic ring is 1. The molecule has 0 amide bonds. The maximum absolute atomic E-state index is 10.4. The number of aromatic amines is 1. The molecular formula is C5H5ClN2O. The third-order valence-electron chi connectivity index (χ3n) is 0.904. The number of nitrogens with one attached hydrogen (secondary N) is 1. The molecule has 0 aliphatic rings. The molecule has 0 unspecified atom stereocenters. The molecule has 1 aromatic rings. The van der Waals surface area contributed by atoms with Crippen LogP contribution in [0.3, 0.4) is 0 Å². The molecule has 1 rings (SSSR count). The molecular weight excluding hydrogens is 140 g/mol. The highest BCUT2D eigenvalue weighted by Gasteiger charge is 1.92. The number of halogens is 1. The molecule has 0 aliphatic carbocycles. The first-order chi connectivity index (χ1) is 4.20. The average molecular weight is 145 g/mol. The van der Waals surface area contributed by atoms with Gasteiger partial charge >= 0.3 is 0 Å². The van der Waals surface area contributed by atoms with Crippen molar-refractivity contribution in [2.75, 3.05) is 5.73 Å². The Hall–Kier alpha value is -0.960. The second-order valence-corrected chi connectivity index (χ2v) is 2.01. The van der Waals surface area contributed by atoms with E-state index in [0.717, 1.165) is 0 Å². The van der Waals surface area contributed by atoms with Crippen LogP contribution in [-0.2, 0) is 0 Å². The number of aromatic nitrogens is 1. The van der Waals surface area contributed by atoms with E-state index < -0.39 is 0 Å². The van der Waals surface area contributed by atoms with Gasteiger partial charge in [0.2, 0.25) is 5.56 Å². The Morgan fingerprint density at radius 1 is 1.67 bits per heavy atom. The van der Waals surface area contributed by atoms with Gasteiger partial charge in [-0.25, -0.2) is 0 Å². The van der Waals surface area contributed by atoms with Crippen LogP contribution in [0.2, 0.25) is 5.02 Å². The van der Waals surface area contributed by atoms with Crippen LogP contribution in [0.15, 0.2) is 17.1 Å². The number of rotatable bonds is 0. The molecule has 0 atom stereocenters. The van der Waals surface area contributed by atoms with Crippen molar-refractivity contribution in [2.45, 2.75) is 0 Å². The molecule has 0 fully saturated rings. The van der Waals surface area contributed by atoms with Crippen LogP contribution in [0.25, 0.3) is 0 Å². The molecule has 48 valence electrons. The summed E-state index contributed by atoms with van der Waals surface area (Å²) in [6.07, 6.45) is 1.36. The SMILES string of the molecule is Nc1cc(=O)[nH]cc1Cl. The first-order valence-corrected chi connectivity index (χ1v) is 2.71. The van der Waals surface area contributed by atoms with Gasteiger partial charge in [0.05, 0.1) is 10.7 Å². The van der Waals surface area contributed by atoms with Gasteiger partial charge in [-0.2, -0.15) is 0 Å². The van der Waals surface area contributed by atoms with Crippen LogP contribution in [-0.4, -0.2) is 4.98 Å². The van der Waals surface area contributed by atoms with Gasteiger partial charge < -0.3 is 10.7 Å². The normalized spacial score (nSPS) is 9.44. The monoisotopic (exact) mass is 144 g/mol. The van der Waals surface area contributed by atoms with Gasteiger partial charge in [-0.15, -0.1) is 0 Å². The molecule has 0 saturated carbocycles. The molecule has 0 bridgehead atoms. The second kappa shape index (κ2) is 2.11. The van der Waals surface area contributed by atoms with Crippen molar-refractivity contribution in [3.8, 4) is 0 Å². The highest BCUT2D eigenvalue weighted by atomic mass is 35.5. The topological polar surface area (TPSA) is 58.9 Å². The van der Waals surface area contributed by atoms with Crippen LogP contribution in [0.4, 0.5) is 5.69 Å². The van der Waals surface area contributed by atoms with Crippen LogP contribution in [0, 0.1) is 0 Å². The van der Waals surface area contributed by atoms with E-state index in [1.54, 1.807) is 0 Å². The molecule has 3 N–H and O–H groups in total. The maximum atomic E-state index is 10.4. The molecule has 1 heterocycles. The Bertz CT molecular complexity index is 268. The summed E-state index contributed by atoms with van der Waals surface area (Å²) < 4.78 is 0. The molecule has 0 aromatic carbocycles. The molecule has 3 nitrogen and oxygen atoms in total. The van der Waals surface area contributed by atoms with Crippen molar-refractivity contribution in [3.63, 3.8) is 0 Å². The van der Waals surface area contributed by atoms with Crippen molar-refractivity contribution in [3.05, 3.63) is 27.6 Å². The summed E-state index contributed by atoms with van der Waals surface area (Å²) in [5.74, 6) is 0. The van der Waals surface area contributed by atoms with Gasteiger partial charge in [-0.1, -0.05) is 11.6 Å². The van der Waals surface area contributed by atoms with E-state index >= 15 is 0 Å². The van der Waals surface area contributed by atoms with Crippen LogP contribution in [0.1, 0.15) is 0 Å². The van der Waals surface area contributed by atoms with E-state index in [4.69, 9.17) is 17.3 Å². The zero-order valence-corrected chi connectivity index (χ0v) is 5.27. The van der Waals surface area contributed by atoms with E-state index in [0.29, 0.717) is 10.7 Å². The lowest BCUT2D eigenvalue weighted by atomic mass is 10.4. The summed E-state index contributed by atoms with van der Waals surface area (Å²) in [4.78, 5) is 12.8. The Morgan fingerprint density at radius 2 is 2.33 bits per heavy atom. The lowest BCUT2D eigenvalue weighted by molar-refractivity contribution is 1.24. The van der Waals surface area contributed by atoms with E-state index in [9.17, 15) is 4.79 Å². The summed E-state index contributed by atoms with van der Waals surface area (Å²) in [6, 6.07) is 1.24. The number of anilines is 1. The van der Waals surface area contributed by atoms with E-state index in [1.807, 2.05) is 0 Å². The van der Waals surface area contributed by atoms with Crippen molar-refractivity contribution >= 4 is 17.3 Å². The number of hydrogen-bond acceptors (Lipinski definition) is 2. The first kappa shape index (κ1) is 6.16. The van der Waals surface area contributed by atoms with E-state index in [2.05, 4.69) is 4.98 Å². The van der Waals surface area contributed by atoms with Crippen molar-refractivity contribution in [1.29, 1.82) is 0 Å². The Labute approximate surface area is 56.5 Å². The molecule has 9 heavy (non-hydrogen) atoms. The Balaban J connectivity index is 3.34. The molecule has 1 aromatic heterocycles. The Kier molecular flexibility index (Phi) is 1.44. The largest absolute Gasteiger partial charge is 0.397 e. The summed E-state index contributed by atoms with van der Waals surface area (Å²) in [6.45, 7) is 0. The number of nitrogens with two attached hydrogens (primary N) is 1. The summed E-state index contributed by atoms with van der Waals surface area (Å²) in [5.41, 5.74) is 5.34. The van der Waals surface area contributed by atoms with Crippen molar-refractivity contribution < 1.29 is 0 Å². The third-order valence-corrected chi connectivity index (χ3v) is 1.23. The summed E-state index contributed by atoms with van der Waals surface area (Å²) in [5, 5.41) is 0.370. The smallest absolute Gasteiger partial charge is 0.250 e. The van der Waals surface area contributed by atoms with Crippen LogP contribution in [0.5, 0.6) is 0 Å². The minimum Gasteiger partial charge on any atom is -0.397 e. The minimum atomic E-state index is -0.239. The highest BCUT2D eigenvalue weighted by Crippen LogP contribution is 2.11. The standard InChI is InChI=1S/C5H5ClN2O/c6-3-2-8-5(9)1-4(3)7/h1-2H,(H3,7,8,9). The molecule has 0 aliphatic heterocycles. The van der Waals surface area contributed by atoms with Gasteiger partial charge in [-0.3, -0.25) is 4.79 Å². The number of hydrogen-bond donors (Lipinski definition) is 2. The van der Waals surface area contributed by atoms with Crippen LogP contribution < -0.4 is 11.3 Å². The zero-order valence-electron chi connectivity index (χ0n) is 4.52. The lowest BCUT2D eigenvalue weighted by Gasteiger charge is -1.91. The summed E-state index contributed by atoms with van der Waals surface area (Å²) >= 11 is 5.49. The fraction of sp³-hybridized carbons (Fsp3) is 0. The van der Waals surface area contributed by atoms with E-state index in [1.165, 1.54) is 12.3 Å². The van der Waals surface area contributed by atoms with Gasteiger partial charge in [0.1, 0.15) is 0 Å². The molecule has 0 saturated heterocycles. The van der Waals surface area contributed by atoms with Gasteiger partial charge in [0.15, 0.2) is 0 Å². The number of pyridine rings is 1. The quantitative estimate of drug-likeness (QED) is 0.561. The second-order valence-electron chi connectivity index (χ2n) is 1.60. The maximum Gasteiger partial charge on any atom is 0.250 e. The first-order valence-electron chi connectivity index (χ1n) is 2.34. The van der Waals surface area contributed by atoms with Crippen molar-refractivity contribution in [2.24, 2.45) is 0 Å². The van der Waals surface area contributed by atoms with Crippen molar-refractivity contribution in [1.82, 2.24) is 4.98 Å². The summed E-state index contributed by atoms with van der Waals surface area (Å²) in [7, 11) is 0. The fourth-order valence-electron chi connectivity index (χ4n) is 0.470. The van der Waals surface area contributed by atoms with E-state index in [-0.39, 0.29) is 5.56 Å². The lowest BCUT2D eigenvalue weighted by Crippen LogP contribution is -2.04. The van der Waals surface area contributed by atoms with Gasteiger partial charge in [-0.05, 0) is 0 Å².